The number of anilines is 2. The van der Waals surface area contributed by atoms with Crippen LogP contribution in [0.1, 0.15) is 12.0 Å². The predicted molar refractivity (Wildman–Crippen MR) is 108 cm³/mol. The first-order chi connectivity index (χ1) is 13.2. The zero-order valence-electron chi connectivity index (χ0n) is 16.1. The topological polar surface area (TPSA) is 92.8 Å². The molecule has 0 fully saturated rings. The molecule has 0 aliphatic carbocycles. The van der Waals surface area contributed by atoms with Crippen LogP contribution in [0.2, 0.25) is 0 Å². The molecule has 2 rings (SSSR count). The van der Waals surface area contributed by atoms with Crippen LogP contribution >= 0.6 is 0 Å². The molecule has 0 unspecified atom stereocenters. The van der Waals surface area contributed by atoms with Crippen LogP contribution in [0.3, 0.4) is 0 Å². The number of amides is 1. The van der Waals surface area contributed by atoms with Gasteiger partial charge >= 0.3 is 5.97 Å². The number of benzene rings is 2. The van der Waals surface area contributed by atoms with Crippen LogP contribution in [-0.4, -0.2) is 46.7 Å². The van der Waals surface area contributed by atoms with Crippen LogP contribution in [0.5, 0.6) is 0 Å². The number of rotatable bonds is 8. The van der Waals surface area contributed by atoms with E-state index < -0.39 is 28.3 Å². The van der Waals surface area contributed by atoms with E-state index in [0.29, 0.717) is 5.69 Å². The highest BCUT2D eigenvalue weighted by atomic mass is 32.2. The van der Waals surface area contributed by atoms with Crippen molar-refractivity contribution < 1.29 is 22.7 Å². The van der Waals surface area contributed by atoms with Crippen molar-refractivity contribution in [3.8, 4) is 0 Å². The molecule has 8 heteroatoms. The molecule has 2 aromatic rings. The minimum Gasteiger partial charge on any atom is -0.456 e. The van der Waals surface area contributed by atoms with E-state index >= 15 is 0 Å². The van der Waals surface area contributed by atoms with Gasteiger partial charge in [0.15, 0.2) is 16.4 Å². The molecule has 0 saturated heterocycles. The summed E-state index contributed by atoms with van der Waals surface area (Å²) in [5.74, 6) is -1.61. The summed E-state index contributed by atoms with van der Waals surface area (Å²) in [7, 11) is 0.242. The maximum Gasteiger partial charge on any atom is 0.307 e. The second-order valence-electron chi connectivity index (χ2n) is 6.53. The zero-order chi connectivity index (χ0) is 20.7. The molecule has 0 spiro atoms. The molecule has 150 valence electrons. The van der Waals surface area contributed by atoms with Crippen LogP contribution in [0.15, 0.2) is 53.4 Å². The van der Waals surface area contributed by atoms with Gasteiger partial charge in [-0.25, -0.2) is 8.42 Å². The minimum absolute atomic E-state index is 0.157. The standard InChI is InChI=1S/C20H24N2O5S/c1-15-4-10-18(11-5-15)28(25,26)13-12-20(24)27-14-19(23)21-16-6-8-17(9-7-16)22(2)3/h4-11H,12-14H2,1-3H3,(H,21,23). The van der Waals surface area contributed by atoms with Gasteiger partial charge in [0.1, 0.15) is 0 Å². The zero-order valence-corrected chi connectivity index (χ0v) is 17.0. The van der Waals surface area contributed by atoms with Gasteiger partial charge in [0.05, 0.1) is 17.1 Å². The summed E-state index contributed by atoms with van der Waals surface area (Å²) in [6.07, 6.45) is -0.318. The third kappa shape index (κ3) is 6.38. The number of carbonyl (C=O) groups is 2. The van der Waals surface area contributed by atoms with Gasteiger partial charge in [0.2, 0.25) is 0 Å². The number of nitrogens with one attached hydrogen (secondary N) is 1. The predicted octanol–water partition coefficient (Wildman–Crippen LogP) is 2.41. The third-order valence-electron chi connectivity index (χ3n) is 3.99. The Labute approximate surface area is 165 Å². The molecule has 0 atom stereocenters. The number of sulfone groups is 1. The summed E-state index contributed by atoms with van der Waals surface area (Å²) in [5, 5.41) is 2.61. The van der Waals surface area contributed by atoms with Gasteiger partial charge in [0, 0.05) is 25.5 Å². The van der Waals surface area contributed by atoms with Gasteiger partial charge in [-0.3, -0.25) is 9.59 Å². The Morgan fingerprint density at radius 1 is 1.00 bits per heavy atom. The Morgan fingerprint density at radius 3 is 2.18 bits per heavy atom. The SMILES string of the molecule is Cc1ccc(S(=O)(=O)CCC(=O)OCC(=O)Nc2ccc(N(C)C)cc2)cc1. The smallest absolute Gasteiger partial charge is 0.307 e. The van der Waals surface area contributed by atoms with E-state index in [-0.39, 0.29) is 17.1 Å². The third-order valence-corrected chi connectivity index (χ3v) is 5.72. The fourth-order valence-electron chi connectivity index (χ4n) is 2.34. The lowest BCUT2D eigenvalue weighted by Gasteiger charge is -2.13. The fraction of sp³-hybridized carbons (Fsp3) is 0.300. The Bertz CT molecular complexity index is 920. The molecular formula is C20H24N2O5S. The highest BCUT2D eigenvalue weighted by Crippen LogP contribution is 2.16. The van der Waals surface area contributed by atoms with Crippen molar-refractivity contribution in [2.45, 2.75) is 18.2 Å². The molecule has 0 heterocycles. The van der Waals surface area contributed by atoms with Crippen molar-refractivity contribution in [3.05, 3.63) is 54.1 Å². The van der Waals surface area contributed by atoms with Crippen molar-refractivity contribution >= 4 is 33.1 Å². The van der Waals surface area contributed by atoms with E-state index in [4.69, 9.17) is 4.74 Å². The Hall–Kier alpha value is -2.87. The normalized spacial score (nSPS) is 11.0. The average molecular weight is 404 g/mol. The average Bonchev–Trinajstić information content (AvgIpc) is 2.65. The number of ether oxygens (including phenoxy) is 1. The van der Waals surface area contributed by atoms with E-state index in [1.165, 1.54) is 12.1 Å². The van der Waals surface area contributed by atoms with Crippen molar-refractivity contribution in [2.24, 2.45) is 0 Å². The first kappa shape index (κ1) is 21.4. The molecule has 0 saturated carbocycles. The maximum absolute atomic E-state index is 12.2. The van der Waals surface area contributed by atoms with Gasteiger partial charge in [-0.1, -0.05) is 17.7 Å². The summed E-state index contributed by atoms with van der Waals surface area (Å²) < 4.78 is 29.3. The van der Waals surface area contributed by atoms with Crippen molar-refractivity contribution in [1.82, 2.24) is 0 Å². The Balaban J connectivity index is 1.78. The monoisotopic (exact) mass is 404 g/mol. The number of aryl methyl sites for hydroxylation is 1. The van der Waals surface area contributed by atoms with E-state index in [2.05, 4.69) is 5.32 Å². The summed E-state index contributed by atoms with van der Waals surface area (Å²) in [5.41, 5.74) is 2.51. The molecule has 0 bridgehead atoms. The maximum atomic E-state index is 12.2. The molecule has 0 aromatic heterocycles. The second-order valence-corrected chi connectivity index (χ2v) is 8.64. The number of nitrogens with zero attached hydrogens (tertiary/aromatic N) is 1. The lowest BCUT2D eigenvalue weighted by molar-refractivity contribution is -0.146. The van der Waals surface area contributed by atoms with Crippen LogP contribution < -0.4 is 10.2 Å². The first-order valence-electron chi connectivity index (χ1n) is 8.70. The molecule has 0 aliphatic rings. The summed E-state index contributed by atoms with van der Waals surface area (Å²) in [6, 6.07) is 13.6. The number of esters is 1. The van der Waals surface area contributed by atoms with E-state index in [9.17, 15) is 18.0 Å². The van der Waals surface area contributed by atoms with Crippen LogP contribution in [-0.2, 0) is 24.2 Å². The highest BCUT2D eigenvalue weighted by molar-refractivity contribution is 7.91. The Morgan fingerprint density at radius 2 is 1.61 bits per heavy atom. The number of carbonyl (C=O) groups excluding carboxylic acids is 2. The molecule has 0 radical (unpaired) electrons. The quantitative estimate of drug-likeness (QED) is 0.679. The minimum atomic E-state index is -3.58. The number of hydrogen-bond acceptors (Lipinski definition) is 6. The lowest BCUT2D eigenvalue weighted by Crippen LogP contribution is -2.22. The van der Waals surface area contributed by atoms with Gasteiger partial charge in [-0.15, -0.1) is 0 Å². The largest absolute Gasteiger partial charge is 0.456 e. The molecular weight excluding hydrogens is 380 g/mol. The first-order valence-corrected chi connectivity index (χ1v) is 10.3. The molecule has 7 nitrogen and oxygen atoms in total. The lowest BCUT2D eigenvalue weighted by atomic mass is 10.2. The van der Waals surface area contributed by atoms with Crippen LogP contribution in [0, 0.1) is 6.92 Å². The van der Waals surface area contributed by atoms with Crippen LogP contribution in [0.4, 0.5) is 11.4 Å². The van der Waals surface area contributed by atoms with Crippen molar-refractivity contribution in [3.63, 3.8) is 0 Å². The number of hydrogen-bond donors (Lipinski definition) is 1. The van der Waals surface area contributed by atoms with Crippen molar-refractivity contribution in [1.29, 1.82) is 0 Å². The molecule has 0 aliphatic heterocycles. The molecule has 1 N–H and O–H groups in total. The summed E-state index contributed by atoms with van der Waals surface area (Å²) in [4.78, 5) is 25.7. The van der Waals surface area contributed by atoms with Gasteiger partial charge in [-0.2, -0.15) is 0 Å². The van der Waals surface area contributed by atoms with Gasteiger partial charge in [0.25, 0.3) is 5.91 Å². The van der Waals surface area contributed by atoms with Crippen molar-refractivity contribution in [2.75, 3.05) is 36.7 Å². The van der Waals surface area contributed by atoms with Crippen LogP contribution in [0.25, 0.3) is 0 Å². The Kier molecular flexibility index (Phi) is 7.17. The second kappa shape index (κ2) is 9.36. The van der Waals surface area contributed by atoms with E-state index in [1.807, 2.05) is 38.1 Å². The van der Waals surface area contributed by atoms with Gasteiger partial charge < -0.3 is 15.0 Å². The summed E-state index contributed by atoms with van der Waals surface area (Å²) >= 11 is 0. The highest BCUT2D eigenvalue weighted by Gasteiger charge is 2.17. The fourth-order valence-corrected chi connectivity index (χ4v) is 3.56. The van der Waals surface area contributed by atoms with E-state index in [0.717, 1.165) is 11.3 Å². The molecule has 28 heavy (non-hydrogen) atoms. The van der Waals surface area contributed by atoms with Gasteiger partial charge in [-0.05, 0) is 43.3 Å². The van der Waals surface area contributed by atoms with E-state index in [1.54, 1.807) is 24.3 Å². The summed E-state index contributed by atoms with van der Waals surface area (Å²) in [6.45, 7) is 1.38. The molecule has 1 amide bonds. The molecule has 2 aromatic carbocycles.